The first-order chi connectivity index (χ1) is 7.18. The quantitative estimate of drug-likeness (QED) is 0.752. The minimum absolute atomic E-state index is 0.130. The lowest BCUT2D eigenvalue weighted by Crippen LogP contribution is -2.53. The number of pyridine rings is 1. The van der Waals surface area contributed by atoms with E-state index >= 15 is 0 Å². The first-order valence-corrected chi connectivity index (χ1v) is 4.60. The van der Waals surface area contributed by atoms with Gasteiger partial charge in [0.05, 0.1) is 5.92 Å². The third kappa shape index (κ3) is 1.81. The van der Waals surface area contributed by atoms with Crippen molar-refractivity contribution in [3.63, 3.8) is 0 Å². The van der Waals surface area contributed by atoms with E-state index < -0.39 is 11.9 Å². The van der Waals surface area contributed by atoms with Crippen molar-refractivity contribution >= 4 is 11.9 Å². The molecular formula is C10H10N2O3. The fraction of sp³-hybridized carbons (Fsp3) is 0.300. The zero-order valence-corrected chi connectivity index (χ0v) is 7.96. The molecule has 0 unspecified atom stereocenters. The van der Waals surface area contributed by atoms with Crippen LogP contribution in [0.1, 0.15) is 10.4 Å². The maximum absolute atomic E-state index is 11.7. The van der Waals surface area contributed by atoms with Crippen LogP contribution in [-0.2, 0) is 4.79 Å². The van der Waals surface area contributed by atoms with Crippen molar-refractivity contribution in [2.75, 3.05) is 13.1 Å². The Morgan fingerprint density at radius 1 is 1.33 bits per heavy atom. The Balaban J connectivity index is 1.98. The number of hydrogen-bond donors (Lipinski definition) is 1. The molecule has 78 valence electrons. The summed E-state index contributed by atoms with van der Waals surface area (Å²) in [6.07, 6.45) is 3.09. The number of hydrogen-bond acceptors (Lipinski definition) is 3. The molecule has 0 aliphatic carbocycles. The number of rotatable bonds is 2. The lowest BCUT2D eigenvalue weighted by Gasteiger charge is -2.36. The van der Waals surface area contributed by atoms with Gasteiger partial charge in [0.2, 0.25) is 0 Å². The van der Waals surface area contributed by atoms with Crippen LogP contribution in [0.5, 0.6) is 0 Å². The molecular weight excluding hydrogens is 196 g/mol. The number of aliphatic carboxylic acids is 1. The van der Waals surface area contributed by atoms with Crippen LogP contribution in [0.25, 0.3) is 0 Å². The highest BCUT2D eigenvalue weighted by Gasteiger charge is 2.35. The second-order valence-electron chi connectivity index (χ2n) is 3.48. The van der Waals surface area contributed by atoms with Crippen LogP contribution in [0.2, 0.25) is 0 Å². The summed E-state index contributed by atoms with van der Waals surface area (Å²) >= 11 is 0. The van der Waals surface area contributed by atoms with Crippen LogP contribution in [0.3, 0.4) is 0 Å². The van der Waals surface area contributed by atoms with Gasteiger partial charge >= 0.3 is 5.97 Å². The van der Waals surface area contributed by atoms with E-state index in [1.807, 2.05) is 0 Å². The average molecular weight is 206 g/mol. The van der Waals surface area contributed by atoms with Crippen LogP contribution in [0.15, 0.2) is 24.5 Å². The SMILES string of the molecule is O=C(O)C1CN(C(=O)c2ccncc2)C1. The molecule has 0 saturated carbocycles. The van der Waals surface area contributed by atoms with Crippen molar-refractivity contribution in [1.82, 2.24) is 9.88 Å². The topological polar surface area (TPSA) is 70.5 Å². The zero-order valence-electron chi connectivity index (χ0n) is 7.96. The Hall–Kier alpha value is -1.91. The van der Waals surface area contributed by atoms with Crippen molar-refractivity contribution in [1.29, 1.82) is 0 Å². The lowest BCUT2D eigenvalue weighted by molar-refractivity contribution is -0.146. The molecule has 5 nitrogen and oxygen atoms in total. The molecule has 1 aromatic rings. The summed E-state index contributed by atoms with van der Waals surface area (Å²) in [5.74, 6) is -1.38. The maximum Gasteiger partial charge on any atom is 0.310 e. The molecule has 2 heterocycles. The van der Waals surface area contributed by atoms with Crippen molar-refractivity contribution in [2.24, 2.45) is 5.92 Å². The molecule has 0 atom stereocenters. The van der Waals surface area contributed by atoms with E-state index in [1.165, 1.54) is 4.90 Å². The van der Waals surface area contributed by atoms with Gasteiger partial charge in [-0.1, -0.05) is 0 Å². The maximum atomic E-state index is 11.7. The second kappa shape index (κ2) is 3.68. The standard InChI is InChI=1S/C10H10N2O3/c13-9(7-1-3-11-4-2-7)12-5-8(6-12)10(14)15/h1-4,8H,5-6H2,(H,14,15). The number of amides is 1. The number of carbonyl (C=O) groups is 2. The highest BCUT2D eigenvalue weighted by Crippen LogP contribution is 2.18. The Morgan fingerprint density at radius 2 is 1.93 bits per heavy atom. The molecule has 1 aliphatic rings. The number of carboxylic acids is 1. The molecule has 0 aromatic carbocycles. The van der Waals surface area contributed by atoms with Crippen LogP contribution in [0.4, 0.5) is 0 Å². The molecule has 2 rings (SSSR count). The summed E-state index contributed by atoms with van der Waals surface area (Å²) in [4.78, 5) is 27.6. The van der Waals surface area contributed by atoms with Gasteiger partial charge in [-0.15, -0.1) is 0 Å². The van der Waals surface area contributed by atoms with E-state index in [0.29, 0.717) is 18.7 Å². The smallest absolute Gasteiger partial charge is 0.310 e. The second-order valence-corrected chi connectivity index (χ2v) is 3.48. The number of likely N-dealkylation sites (tertiary alicyclic amines) is 1. The van der Waals surface area contributed by atoms with Gasteiger partial charge in [0.15, 0.2) is 0 Å². The van der Waals surface area contributed by atoms with E-state index in [1.54, 1.807) is 24.5 Å². The van der Waals surface area contributed by atoms with Crippen molar-refractivity contribution in [2.45, 2.75) is 0 Å². The van der Waals surface area contributed by atoms with Gasteiger partial charge in [0, 0.05) is 31.0 Å². The minimum atomic E-state index is -0.839. The van der Waals surface area contributed by atoms with Crippen molar-refractivity contribution < 1.29 is 14.7 Å². The van der Waals surface area contributed by atoms with Crippen molar-refractivity contribution in [3.8, 4) is 0 Å². The monoisotopic (exact) mass is 206 g/mol. The number of carbonyl (C=O) groups excluding carboxylic acids is 1. The molecule has 1 saturated heterocycles. The Bertz CT molecular complexity index is 385. The van der Waals surface area contributed by atoms with E-state index in [0.717, 1.165) is 0 Å². The Labute approximate surface area is 86.3 Å². The Morgan fingerprint density at radius 3 is 2.47 bits per heavy atom. The third-order valence-electron chi connectivity index (χ3n) is 2.45. The average Bonchev–Trinajstić information content (AvgIpc) is 2.16. The summed E-state index contributed by atoms with van der Waals surface area (Å²) in [7, 11) is 0. The number of nitrogens with zero attached hydrogens (tertiary/aromatic N) is 2. The summed E-state index contributed by atoms with van der Waals surface area (Å²) in [6, 6.07) is 3.24. The number of carboxylic acid groups (broad SMARTS) is 1. The minimum Gasteiger partial charge on any atom is -0.481 e. The zero-order chi connectivity index (χ0) is 10.8. The van der Waals surface area contributed by atoms with Crippen LogP contribution >= 0.6 is 0 Å². The Kier molecular flexibility index (Phi) is 2.37. The van der Waals surface area contributed by atoms with E-state index in [-0.39, 0.29) is 5.91 Å². The molecule has 5 heteroatoms. The summed E-state index contributed by atoms with van der Waals surface area (Å²) in [5.41, 5.74) is 0.550. The van der Waals surface area contributed by atoms with E-state index in [4.69, 9.17) is 5.11 Å². The van der Waals surface area contributed by atoms with Gasteiger partial charge in [-0.2, -0.15) is 0 Å². The van der Waals surface area contributed by atoms with Crippen molar-refractivity contribution in [3.05, 3.63) is 30.1 Å². The normalized spacial score (nSPS) is 15.9. The van der Waals surface area contributed by atoms with Crippen LogP contribution < -0.4 is 0 Å². The third-order valence-corrected chi connectivity index (χ3v) is 2.45. The fourth-order valence-corrected chi connectivity index (χ4v) is 1.48. The predicted octanol–water partition coefficient (Wildman–Crippen LogP) is 0.238. The van der Waals surface area contributed by atoms with Gasteiger partial charge in [-0.25, -0.2) is 0 Å². The van der Waals surface area contributed by atoms with Gasteiger partial charge in [-0.3, -0.25) is 14.6 Å². The van der Waals surface area contributed by atoms with Crippen LogP contribution in [0, 0.1) is 5.92 Å². The molecule has 0 radical (unpaired) electrons. The predicted molar refractivity (Wildman–Crippen MR) is 51.3 cm³/mol. The van der Waals surface area contributed by atoms with E-state index in [2.05, 4.69) is 4.98 Å². The van der Waals surface area contributed by atoms with Gasteiger partial charge in [0.1, 0.15) is 0 Å². The summed E-state index contributed by atoms with van der Waals surface area (Å²) < 4.78 is 0. The van der Waals surface area contributed by atoms with Gasteiger partial charge < -0.3 is 10.0 Å². The number of aromatic nitrogens is 1. The van der Waals surface area contributed by atoms with Gasteiger partial charge in [-0.05, 0) is 12.1 Å². The highest BCUT2D eigenvalue weighted by molar-refractivity contribution is 5.95. The van der Waals surface area contributed by atoms with Gasteiger partial charge in [0.25, 0.3) is 5.91 Å². The van der Waals surface area contributed by atoms with Crippen LogP contribution in [-0.4, -0.2) is 40.0 Å². The summed E-state index contributed by atoms with van der Waals surface area (Å²) in [6.45, 7) is 0.604. The largest absolute Gasteiger partial charge is 0.481 e. The molecule has 1 amide bonds. The first kappa shape index (κ1) is 9.64. The molecule has 1 aliphatic heterocycles. The molecule has 0 bridgehead atoms. The summed E-state index contributed by atoms with van der Waals surface area (Å²) in [5, 5.41) is 8.66. The highest BCUT2D eigenvalue weighted by atomic mass is 16.4. The molecule has 15 heavy (non-hydrogen) atoms. The fourth-order valence-electron chi connectivity index (χ4n) is 1.48. The lowest BCUT2D eigenvalue weighted by atomic mass is 9.99. The molecule has 1 aromatic heterocycles. The first-order valence-electron chi connectivity index (χ1n) is 4.60. The molecule has 1 N–H and O–H groups in total. The molecule has 0 spiro atoms. The van der Waals surface area contributed by atoms with E-state index in [9.17, 15) is 9.59 Å². The molecule has 1 fully saturated rings.